The standard InChI is InChI=1S/C13H18N4OS/c1-9(18)16-10-4-7-17(8-5-10)13-11(12(14)19)3-2-6-15-13/h2-3,6,10H,4-5,7-8H2,1H3,(H2,14,19)(H,16,18). The summed E-state index contributed by atoms with van der Waals surface area (Å²) in [5.41, 5.74) is 6.54. The number of nitrogens with two attached hydrogens (primary N) is 1. The zero-order valence-corrected chi connectivity index (χ0v) is 11.7. The Bertz CT molecular complexity index is 483. The Hall–Kier alpha value is -1.69. The van der Waals surface area contributed by atoms with Gasteiger partial charge in [-0.05, 0) is 25.0 Å². The van der Waals surface area contributed by atoms with E-state index in [0.29, 0.717) is 4.99 Å². The molecule has 19 heavy (non-hydrogen) atoms. The molecule has 0 spiro atoms. The van der Waals surface area contributed by atoms with Gasteiger partial charge in [0.2, 0.25) is 5.91 Å². The molecular formula is C13H18N4OS. The number of anilines is 1. The summed E-state index contributed by atoms with van der Waals surface area (Å²) in [4.78, 5) is 18.0. The lowest BCUT2D eigenvalue weighted by atomic mass is 10.0. The molecule has 0 radical (unpaired) electrons. The maximum atomic E-state index is 11.0. The van der Waals surface area contributed by atoms with Crippen LogP contribution in [0, 0.1) is 0 Å². The van der Waals surface area contributed by atoms with Gasteiger partial charge in [-0.15, -0.1) is 0 Å². The molecule has 3 N–H and O–H groups in total. The van der Waals surface area contributed by atoms with Crippen LogP contribution in [-0.4, -0.2) is 35.0 Å². The van der Waals surface area contributed by atoms with E-state index in [0.717, 1.165) is 37.3 Å². The van der Waals surface area contributed by atoms with Crippen molar-refractivity contribution in [2.75, 3.05) is 18.0 Å². The van der Waals surface area contributed by atoms with Crippen molar-refractivity contribution >= 4 is 28.9 Å². The van der Waals surface area contributed by atoms with Gasteiger partial charge >= 0.3 is 0 Å². The lowest BCUT2D eigenvalue weighted by molar-refractivity contribution is -0.119. The van der Waals surface area contributed by atoms with E-state index in [1.54, 1.807) is 13.1 Å². The predicted molar refractivity (Wildman–Crippen MR) is 79.2 cm³/mol. The fraction of sp³-hybridized carbons (Fsp3) is 0.462. The highest BCUT2D eigenvalue weighted by atomic mass is 32.1. The average molecular weight is 278 g/mol. The van der Waals surface area contributed by atoms with Crippen molar-refractivity contribution in [2.45, 2.75) is 25.8 Å². The third-order valence-electron chi connectivity index (χ3n) is 3.25. The normalized spacial score (nSPS) is 16.2. The van der Waals surface area contributed by atoms with Crippen molar-refractivity contribution in [3.8, 4) is 0 Å². The van der Waals surface area contributed by atoms with Crippen LogP contribution < -0.4 is 16.0 Å². The number of rotatable bonds is 3. The minimum Gasteiger partial charge on any atom is -0.389 e. The second kappa shape index (κ2) is 5.97. The van der Waals surface area contributed by atoms with Gasteiger partial charge in [-0.2, -0.15) is 0 Å². The number of hydrogen-bond acceptors (Lipinski definition) is 4. The van der Waals surface area contributed by atoms with Crippen molar-refractivity contribution in [3.63, 3.8) is 0 Å². The summed E-state index contributed by atoms with van der Waals surface area (Å²) in [6, 6.07) is 3.98. The van der Waals surface area contributed by atoms with Gasteiger partial charge < -0.3 is 16.0 Å². The summed E-state index contributed by atoms with van der Waals surface area (Å²) in [5, 5.41) is 2.95. The molecule has 1 aliphatic rings. The maximum absolute atomic E-state index is 11.0. The van der Waals surface area contributed by atoms with Crippen molar-refractivity contribution < 1.29 is 4.79 Å². The Morgan fingerprint density at radius 3 is 2.79 bits per heavy atom. The molecule has 2 heterocycles. The largest absolute Gasteiger partial charge is 0.389 e. The molecule has 0 bridgehead atoms. The van der Waals surface area contributed by atoms with Gasteiger partial charge in [0.25, 0.3) is 0 Å². The van der Waals surface area contributed by atoms with Crippen molar-refractivity contribution in [1.82, 2.24) is 10.3 Å². The lowest BCUT2D eigenvalue weighted by Crippen LogP contribution is -2.44. The van der Waals surface area contributed by atoms with Crippen LogP contribution in [0.25, 0.3) is 0 Å². The Labute approximate surface area is 118 Å². The zero-order valence-electron chi connectivity index (χ0n) is 10.9. The Morgan fingerprint density at radius 1 is 1.53 bits per heavy atom. The van der Waals surface area contributed by atoms with Crippen LogP contribution in [0.5, 0.6) is 0 Å². The number of piperidine rings is 1. The SMILES string of the molecule is CC(=O)NC1CCN(c2ncccc2C(N)=S)CC1. The minimum atomic E-state index is 0.0279. The smallest absolute Gasteiger partial charge is 0.217 e. The highest BCUT2D eigenvalue weighted by molar-refractivity contribution is 7.80. The lowest BCUT2D eigenvalue weighted by Gasteiger charge is -2.33. The summed E-state index contributed by atoms with van der Waals surface area (Å²) >= 11 is 5.05. The molecule has 1 aliphatic heterocycles. The van der Waals surface area contributed by atoms with Gasteiger partial charge in [-0.25, -0.2) is 4.98 Å². The third kappa shape index (κ3) is 3.41. The van der Waals surface area contributed by atoms with Crippen LogP contribution in [0.4, 0.5) is 5.82 Å². The van der Waals surface area contributed by atoms with Gasteiger partial charge in [0, 0.05) is 32.3 Å². The predicted octanol–water partition coefficient (Wildman–Crippen LogP) is 0.821. The first kappa shape index (κ1) is 13.7. The van der Waals surface area contributed by atoms with Crippen LogP contribution >= 0.6 is 12.2 Å². The summed E-state index contributed by atoms with van der Waals surface area (Å²) in [5.74, 6) is 0.872. The number of aromatic nitrogens is 1. The van der Waals surface area contributed by atoms with Gasteiger partial charge in [0.1, 0.15) is 10.8 Å². The summed E-state index contributed by atoms with van der Waals surface area (Å²) in [6.07, 6.45) is 3.57. The molecule has 1 aromatic rings. The van der Waals surface area contributed by atoms with Crippen LogP contribution in [0.2, 0.25) is 0 Å². The molecule has 0 aliphatic carbocycles. The second-order valence-electron chi connectivity index (χ2n) is 4.70. The van der Waals surface area contributed by atoms with Gasteiger partial charge in [0.05, 0.1) is 5.56 Å². The number of carbonyl (C=O) groups is 1. The number of nitrogens with zero attached hydrogens (tertiary/aromatic N) is 2. The average Bonchev–Trinajstić information content (AvgIpc) is 2.39. The minimum absolute atomic E-state index is 0.0279. The van der Waals surface area contributed by atoms with Crippen molar-refractivity contribution in [3.05, 3.63) is 23.9 Å². The molecule has 0 atom stereocenters. The quantitative estimate of drug-likeness (QED) is 0.801. The molecule has 0 unspecified atom stereocenters. The summed E-state index contributed by atoms with van der Waals surface area (Å²) < 4.78 is 0. The molecular weight excluding hydrogens is 260 g/mol. The number of thiocarbonyl (C=S) groups is 1. The van der Waals surface area contributed by atoms with E-state index < -0.39 is 0 Å². The number of carbonyl (C=O) groups excluding carboxylic acids is 1. The Balaban J connectivity index is 2.05. The van der Waals surface area contributed by atoms with Gasteiger partial charge in [-0.3, -0.25) is 4.79 Å². The van der Waals surface area contributed by atoms with Gasteiger partial charge in [-0.1, -0.05) is 12.2 Å². The first-order valence-electron chi connectivity index (χ1n) is 6.35. The first-order chi connectivity index (χ1) is 9.08. The molecule has 0 saturated carbocycles. The third-order valence-corrected chi connectivity index (χ3v) is 3.47. The van der Waals surface area contributed by atoms with Crippen LogP contribution in [-0.2, 0) is 4.79 Å². The highest BCUT2D eigenvalue weighted by Gasteiger charge is 2.22. The summed E-state index contributed by atoms with van der Waals surface area (Å²) in [7, 11) is 0. The van der Waals surface area contributed by atoms with Crippen LogP contribution in [0.1, 0.15) is 25.3 Å². The van der Waals surface area contributed by atoms with E-state index in [1.807, 2.05) is 12.1 Å². The Kier molecular flexibility index (Phi) is 4.31. The molecule has 1 aromatic heterocycles. The number of hydrogen-bond donors (Lipinski definition) is 2. The first-order valence-corrected chi connectivity index (χ1v) is 6.75. The van der Waals surface area contributed by atoms with E-state index in [2.05, 4.69) is 15.2 Å². The summed E-state index contributed by atoms with van der Waals surface area (Å²) in [6.45, 7) is 3.24. The molecule has 1 amide bonds. The maximum Gasteiger partial charge on any atom is 0.217 e. The highest BCUT2D eigenvalue weighted by Crippen LogP contribution is 2.21. The fourth-order valence-corrected chi connectivity index (χ4v) is 2.52. The van der Waals surface area contributed by atoms with Crippen molar-refractivity contribution in [1.29, 1.82) is 0 Å². The van der Waals surface area contributed by atoms with E-state index in [1.165, 1.54) is 0 Å². The van der Waals surface area contributed by atoms with Crippen molar-refractivity contribution in [2.24, 2.45) is 5.73 Å². The van der Waals surface area contributed by atoms with E-state index in [9.17, 15) is 4.79 Å². The van der Waals surface area contributed by atoms with E-state index in [-0.39, 0.29) is 11.9 Å². The molecule has 1 fully saturated rings. The van der Waals surface area contributed by atoms with Crippen LogP contribution in [0.15, 0.2) is 18.3 Å². The monoisotopic (exact) mass is 278 g/mol. The second-order valence-corrected chi connectivity index (χ2v) is 5.14. The van der Waals surface area contributed by atoms with Crippen LogP contribution in [0.3, 0.4) is 0 Å². The number of pyridine rings is 1. The molecule has 102 valence electrons. The molecule has 0 aromatic carbocycles. The Morgan fingerprint density at radius 2 is 2.21 bits per heavy atom. The topological polar surface area (TPSA) is 71.2 Å². The zero-order chi connectivity index (χ0) is 13.8. The molecule has 5 nitrogen and oxygen atoms in total. The fourth-order valence-electron chi connectivity index (χ4n) is 2.36. The van der Waals surface area contributed by atoms with E-state index >= 15 is 0 Å². The molecule has 2 rings (SSSR count). The molecule has 6 heteroatoms. The number of amides is 1. The van der Waals surface area contributed by atoms with Gasteiger partial charge in [0.15, 0.2) is 0 Å². The molecule has 1 saturated heterocycles. The number of nitrogens with one attached hydrogen (secondary N) is 1. The van der Waals surface area contributed by atoms with E-state index in [4.69, 9.17) is 18.0 Å².